The smallest absolute Gasteiger partial charge is 0.253 e. The molecule has 1 atom stereocenters. The Labute approximate surface area is 138 Å². The monoisotopic (exact) mass is 314 g/mol. The predicted octanol–water partition coefficient (Wildman–Crippen LogP) is 2.68. The van der Waals surface area contributed by atoms with Crippen LogP contribution in [0.2, 0.25) is 0 Å². The van der Waals surface area contributed by atoms with E-state index in [1.807, 2.05) is 30.0 Å². The van der Waals surface area contributed by atoms with Crippen molar-refractivity contribution in [2.45, 2.75) is 39.5 Å². The van der Waals surface area contributed by atoms with Gasteiger partial charge in [0.25, 0.3) is 5.91 Å². The van der Waals surface area contributed by atoms with Gasteiger partial charge in [-0.3, -0.25) is 9.59 Å². The molecule has 124 valence electrons. The van der Waals surface area contributed by atoms with Crippen LogP contribution in [0, 0.1) is 25.2 Å². The van der Waals surface area contributed by atoms with Crippen LogP contribution in [-0.2, 0) is 4.79 Å². The Balaban J connectivity index is 1.85. The highest BCUT2D eigenvalue weighted by Crippen LogP contribution is 2.49. The molecule has 23 heavy (non-hydrogen) atoms. The van der Waals surface area contributed by atoms with E-state index in [1.54, 1.807) is 7.05 Å². The van der Waals surface area contributed by atoms with Crippen LogP contribution in [-0.4, -0.2) is 36.9 Å². The van der Waals surface area contributed by atoms with Gasteiger partial charge in [0.15, 0.2) is 0 Å². The quantitative estimate of drug-likeness (QED) is 0.912. The minimum atomic E-state index is -0.0644. The van der Waals surface area contributed by atoms with Crippen molar-refractivity contribution in [1.82, 2.24) is 10.2 Å². The molecule has 3 rings (SSSR count). The Morgan fingerprint density at radius 2 is 1.87 bits per heavy atom. The van der Waals surface area contributed by atoms with Gasteiger partial charge in [-0.1, -0.05) is 18.9 Å². The Hall–Kier alpha value is -1.84. The van der Waals surface area contributed by atoms with E-state index in [0.717, 1.165) is 30.5 Å². The first-order valence-corrected chi connectivity index (χ1v) is 8.55. The van der Waals surface area contributed by atoms with E-state index in [4.69, 9.17) is 0 Å². The third-order valence-electron chi connectivity index (χ3n) is 5.85. The number of amides is 2. The minimum Gasteiger partial charge on any atom is -0.359 e. The molecule has 0 radical (unpaired) electrons. The molecule has 4 nitrogen and oxygen atoms in total. The van der Waals surface area contributed by atoms with Gasteiger partial charge in [-0.2, -0.15) is 0 Å². The van der Waals surface area contributed by atoms with Crippen molar-refractivity contribution < 1.29 is 9.59 Å². The molecule has 1 aliphatic heterocycles. The molecule has 1 heterocycles. The summed E-state index contributed by atoms with van der Waals surface area (Å²) in [5.41, 5.74) is 3.06. The molecule has 1 saturated carbocycles. The van der Waals surface area contributed by atoms with Gasteiger partial charge in [-0.25, -0.2) is 0 Å². The van der Waals surface area contributed by atoms with Gasteiger partial charge in [0.2, 0.25) is 5.91 Å². The molecule has 1 N–H and O–H groups in total. The second-order valence-corrected chi connectivity index (χ2v) is 7.22. The zero-order valence-electron chi connectivity index (χ0n) is 14.3. The number of rotatable bonds is 2. The molecule has 1 aliphatic carbocycles. The number of benzene rings is 1. The van der Waals surface area contributed by atoms with Gasteiger partial charge in [0, 0.05) is 31.1 Å². The predicted molar refractivity (Wildman–Crippen MR) is 90.3 cm³/mol. The van der Waals surface area contributed by atoms with Gasteiger partial charge < -0.3 is 10.2 Å². The summed E-state index contributed by atoms with van der Waals surface area (Å²) in [5.74, 6) is 0.0820. The maximum atomic E-state index is 12.9. The molecule has 1 spiro atoms. The molecule has 1 saturated heterocycles. The van der Waals surface area contributed by atoms with E-state index >= 15 is 0 Å². The maximum Gasteiger partial charge on any atom is 0.253 e. The maximum absolute atomic E-state index is 12.9. The van der Waals surface area contributed by atoms with Crippen molar-refractivity contribution in [3.8, 4) is 0 Å². The first-order chi connectivity index (χ1) is 11.0. The van der Waals surface area contributed by atoms with E-state index in [0.29, 0.717) is 6.54 Å². The van der Waals surface area contributed by atoms with Crippen LogP contribution in [0.1, 0.15) is 47.2 Å². The molecule has 4 heteroatoms. The normalized spacial score (nSPS) is 22.6. The van der Waals surface area contributed by atoms with Crippen molar-refractivity contribution in [2.75, 3.05) is 20.1 Å². The summed E-state index contributed by atoms with van der Waals surface area (Å²) in [7, 11) is 1.69. The molecular formula is C19H26N2O2. The molecule has 2 amide bonds. The molecular weight excluding hydrogens is 288 g/mol. The van der Waals surface area contributed by atoms with Crippen LogP contribution < -0.4 is 5.32 Å². The van der Waals surface area contributed by atoms with E-state index in [9.17, 15) is 9.59 Å². The summed E-state index contributed by atoms with van der Waals surface area (Å²) in [5, 5.41) is 2.80. The zero-order chi connectivity index (χ0) is 16.6. The molecule has 2 aliphatic rings. The number of nitrogens with one attached hydrogen (secondary N) is 1. The lowest BCUT2D eigenvalue weighted by Gasteiger charge is -2.28. The van der Waals surface area contributed by atoms with Crippen molar-refractivity contribution in [3.63, 3.8) is 0 Å². The first kappa shape index (κ1) is 16.0. The van der Waals surface area contributed by atoms with E-state index < -0.39 is 0 Å². The average molecular weight is 314 g/mol. The highest BCUT2D eigenvalue weighted by Gasteiger charge is 2.52. The van der Waals surface area contributed by atoms with Crippen LogP contribution in [0.15, 0.2) is 18.2 Å². The standard InChI is InChI=1S/C19H26N2O2/c1-13-6-7-15(10-14(13)2)18(23)21-11-16(17(22)20-3)19(12-21)8-4-5-9-19/h6-7,10,16H,4-5,8-9,11-12H2,1-3H3,(H,20,22)/t16-/m1/s1. The Kier molecular flexibility index (Phi) is 4.17. The number of hydrogen-bond acceptors (Lipinski definition) is 2. The summed E-state index contributed by atoms with van der Waals surface area (Å²) in [6, 6.07) is 5.87. The number of aryl methyl sites for hydroxylation is 2. The van der Waals surface area contributed by atoms with E-state index in [2.05, 4.69) is 12.2 Å². The Morgan fingerprint density at radius 3 is 2.48 bits per heavy atom. The second-order valence-electron chi connectivity index (χ2n) is 7.22. The largest absolute Gasteiger partial charge is 0.359 e. The van der Waals surface area contributed by atoms with Crippen LogP contribution in [0.3, 0.4) is 0 Å². The fraction of sp³-hybridized carbons (Fsp3) is 0.579. The molecule has 0 unspecified atom stereocenters. The third-order valence-corrected chi connectivity index (χ3v) is 5.85. The lowest BCUT2D eigenvalue weighted by atomic mass is 9.76. The number of likely N-dealkylation sites (tertiary alicyclic amines) is 1. The van der Waals surface area contributed by atoms with E-state index in [-0.39, 0.29) is 23.1 Å². The van der Waals surface area contributed by atoms with Crippen LogP contribution in [0.5, 0.6) is 0 Å². The fourth-order valence-electron chi connectivity index (χ4n) is 4.30. The lowest BCUT2D eigenvalue weighted by molar-refractivity contribution is -0.127. The summed E-state index contributed by atoms with van der Waals surface area (Å²) in [6.45, 7) is 5.35. The molecule has 0 aromatic heterocycles. The summed E-state index contributed by atoms with van der Waals surface area (Å²) < 4.78 is 0. The molecule has 2 fully saturated rings. The lowest BCUT2D eigenvalue weighted by Crippen LogP contribution is -2.38. The van der Waals surface area contributed by atoms with Gasteiger partial charge in [-0.15, -0.1) is 0 Å². The summed E-state index contributed by atoms with van der Waals surface area (Å²) in [4.78, 5) is 27.1. The topological polar surface area (TPSA) is 49.4 Å². The Morgan fingerprint density at radius 1 is 1.17 bits per heavy atom. The molecule has 1 aromatic carbocycles. The molecule has 1 aromatic rings. The number of hydrogen-bond donors (Lipinski definition) is 1. The van der Waals surface area contributed by atoms with Crippen molar-refractivity contribution >= 4 is 11.8 Å². The highest BCUT2D eigenvalue weighted by molar-refractivity contribution is 5.95. The fourth-order valence-corrected chi connectivity index (χ4v) is 4.30. The second kappa shape index (κ2) is 5.99. The molecule has 0 bridgehead atoms. The van der Waals surface area contributed by atoms with Crippen LogP contribution >= 0.6 is 0 Å². The average Bonchev–Trinajstić information content (AvgIpc) is 3.17. The minimum absolute atomic E-state index is 0.00447. The Bertz CT molecular complexity index is 632. The number of carbonyl (C=O) groups is 2. The van der Waals surface area contributed by atoms with Gasteiger partial charge in [-0.05, 0) is 49.9 Å². The third kappa shape index (κ3) is 2.75. The van der Waals surface area contributed by atoms with Crippen LogP contribution in [0.4, 0.5) is 0 Å². The van der Waals surface area contributed by atoms with Gasteiger partial charge in [0.1, 0.15) is 0 Å². The number of nitrogens with zero attached hydrogens (tertiary/aromatic N) is 1. The van der Waals surface area contributed by atoms with Crippen molar-refractivity contribution in [1.29, 1.82) is 0 Å². The van der Waals surface area contributed by atoms with Crippen molar-refractivity contribution in [3.05, 3.63) is 34.9 Å². The SMILES string of the molecule is CNC(=O)[C@H]1CN(C(=O)c2ccc(C)c(C)c2)CC12CCCC2. The highest BCUT2D eigenvalue weighted by atomic mass is 16.2. The first-order valence-electron chi connectivity index (χ1n) is 8.55. The van der Waals surface area contributed by atoms with Crippen LogP contribution in [0.25, 0.3) is 0 Å². The van der Waals surface area contributed by atoms with E-state index in [1.165, 1.54) is 18.4 Å². The summed E-state index contributed by atoms with van der Waals surface area (Å²) in [6.07, 6.45) is 4.45. The van der Waals surface area contributed by atoms with Gasteiger partial charge in [0.05, 0.1) is 5.92 Å². The zero-order valence-corrected chi connectivity index (χ0v) is 14.3. The number of carbonyl (C=O) groups excluding carboxylic acids is 2. The summed E-state index contributed by atoms with van der Waals surface area (Å²) >= 11 is 0. The van der Waals surface area contributed by atoms with Crippen molar-refractivity contribution in [2.24, 2.45) is 11.3 Å². The van der Waals surface area contributed by atoms with Gasteiger partial charge >= 0.3 is 0 Å².